The van der Waals surface area contributed by atoms with Crippen LogP contribution >= 0.6 is 11.6 Å². The van der Waals surface area contributed by atoms with Gasteiger partial charge >= 0.3 is 17.4 Å². The molecule has 9 heteroatoms. The molecule has 0 amide bonds. The molecule has 0 saturated heterocycles. The second kappa shape index (κ2) is 3.61. The molecule has 0 saturated carbocycles. The molecule has 1 rings (SSSR count). The monoisotopic (exact) mass is 242 g/mol. The minimum Gasteiger partial charge on any atom is -0.297 e. The van der Waals surface area contributed by atoms with Crippen LogP contribution in [0.2, 0.25) is 5.15 Å². The van der Waals surface area contributed by atoms with Crippen molar-refractivity contribution in [2.45, 2.75) is 6.18 Å². The van der Waals surface area contributed by atoms with Crippen LogP contribution in [0.15, 0.2) is 4.79 Å². The highest BCUT2D eigenvalue weighted by molar-refractivity contribution is 6.31. The number of nitrogens with one attached hydrogen (secondary N) is 1. The lowest BCUT2D eigenvalue weighted by Crippen LogP contribution is -2.21. The maximum absolute atomic E-state index is 12.1. The largest absolute Gasteiger partial charge is 0.449 e. The summed E-state index contributed by atoms with van der Waals surface area (Å²) in [7, 11) is 0.922. The average molecular weight is 243 g/mol. The van der Waals surface area contributed by atoms with Gasteiger partial charge in [-0.05, 0) is 0 Å². The van der Waals surface area contributed by atoms with Gasteiger partial charge in [-0.2, -0.15) is 13.2 Å². The molecule has 1 heterocycles. The predicted molar refractivity (Wildman–Crippen MR) is 44.1 cm³/mol. The minimum absolute atomic E-state index is 0.0360. The van der Waals surface area contributed by atoms with Crippen LogP contribution in [0.25, 0.3) is 0 Å². The molecule has 15 heavy (non-hydrogen) atoms. The number of hydrogen-bond acceptors (Lipinski definition) is 3. The van der Waals surface area contributed by atoms with Gasteiger partial charge in [0.25, 0.3) is 0 Å². The van der Waals surface area contributed by atoms with Crippen LogP contribution in [-0.4, -0.2) is 21.8 Å². The lowest BCUT2D eigenvalue weighted by Gasteiger charge is -2.04. The highest BCUT2D eigenvalue weighted by atomic mass is 35.5. The van der Waals surface area contributed by atoms with Crippen molar-refractivity contribution in [3.05, 3.63) is 26.2 Å². The van der Waals surface area contributed by atoms with Gasteiger partial charge in [-0.3, -0.25) is 9.78 Å². The molecule has 0 unspecified atom stereocenters. The summed E-state index contributed by atoms with van der Waals surface area (Å²) in [6.07, 6.45) is -4.82. The zero-order chi connectivity index (χ0) is 11.8. The molecule has 82 valence electrons. The first-order valence-electron chi connectivity index (χ1n) is 3.51. The molecule has 0 atom stereocenters. The Hall–Kier alpha value is -1.44. The van der Waals surface area contributed by atoms with Crippen molar-refractivity contribution in [2.75, 3.05) is 7.05 Å². The summed E-state index contributed by atoms with van der Waals surface area (Å²) >= 11 is 5.26. The maximum Gasteiger partial charge on any atom is 0.449 e. The first-order chi connectivity index (χ1) is 6.73. The molecule has 0 fully saturated rings. The van der Waals surface area contributed by atoms with E-state index in [1.165, 1.54) is 4.98 Å². The van der Waals surface area contributed by atoms with Crippen LogP contribution in [0.1, 0.15) is 5.82 Å². The zero-order valence-corrected chi connectivity index (χ0v) is 7.98. The fourth-order valence-corrected chi connectivity index (χ4v) is 1.14. The van der Waals surface area contributed by atoms with Crippen molar-refractivity contribution < 1.29 is 17.9 Å². The van der Waals surface area contributed by atoms with E-state index in [1.54, 1.807) is 0 Å². The smallest absolute Gasteiger partial charge is 0.297 e. The molecule has 0 aliphatic rings. The number of aromatic amines is 1. The van der Waals surface area contributed by atoms with Gasteiger partial charge in [-0.15, -0.1) is 0 Å². The SMILES string of the molecule is C[N+](=O)c1c(Cl)nc(C(F)(F)F)[nH]c1=O. The van der Waals surface area contributed by atoms with Crippen LogP contribution in [0.5, 0.6) is 0 Å². The Morgan fingerprint density at radius 3 is 2.33 bits per heavy atom. The quantitative estimate of drug-likeness (QED) is 0.599. The Balaban J connectivity index is 3.46. The number of H-pyrrole nitrogens is 1. The van der Waals surface area contributed by atoms with Crippen molar-refractivity contribution >= 4 is 17.3 Å². The van der Waals surface area contributed by atoms with Crippen molar-refractivity contribution in [2.24, 2.45) is 0 Å². The Labute approximate surface area is 85.5 Å². The summed E-state index contributed by atoms with van der Waals surface area (Å²) in [6, 6.07) is 0. The number of rotatable bonds is 1. The Morgan fingerprint density at radius 1 is 1.47 bits per heavy atom. The molecule has 5 nitrogen and oxygen atoms in total. The van der Waals surface area contributed by atoms with E-state index in [2.05, 4.69) is 4.98 Å². The number of hydrogen-bond donors (Lipinski definition) is 1. The molecular weight excluding hydrogens is 239 g/mol. The summed E-state index contributed by atoms with van der Waals surface area (Å²) in [5.41, 5.74) is -1.90. The van der Waals surface area contributed by atoms with Crippen molar-refractivity contribution in [3.8, 4) is 0 Å². The first kappa shape index (κ1) is 11.6. The number of aromatic nitrogens is 2. The summed E-state index contributed by atoms with van der Waals surface area (Å²) < 4.78 is 36.3. The highest BCUT2D eigenvalue weighted by Gasteiger charge is 2.36. The zero-order valence-electron chi connectivity index (χ0n) is 7.22. The van der Waals surface area contributed by atoms with E-state index in [0.717, 1.165) is 7.05 Å². The lowest BCUT2D eigenvalue weighted by atomic mass is 10.5. The van der Waals surface area contributed by atoms with Crippen molar-refractivity contribution in [3.63, 3.8) is 0 Å². The Morgan fingerprint density at radius 2 is 2.00 bits per heavy atom. The number of halogens is 4. The second-order valence-corrected chi connectivity index (χ2v) is 2.91. The van der Waals surface area contributed by atoms with Crippen molar-refractivity contribution in [1.29, 1.82) is 0 Å². The Kier molecular flexibility index (Phi) is 2.80. The van der Waals surface area contributed by atoms with E-state index >= 15 is 0 Å². The maximum atomic E-state index is 12.1. The molecule has 0 aromatic carbocycles. The minimum atomic E-state index is -4.82. The summed E-state index contributed by atoms with van der Waals surface area (Å²) in [6.45, 7) is 0. The fourth-order valence-electron chi connectivity index (χ4n) is 0.847. The molecule has 1 N–H and O–H groups in total. The van der Waals surface area contributed by atoms with Crippen molar-refractivity contribution in [1.82, 2.24) is 9.97 Å². The molecule has 1 aromatic rings. The van der Waals surface area contributed by atoms with Gasteiger partial charge in [-0.1, -0.05) is 11.6 Å². The van der Waals surface area contributed by atoms with Gasteiger partial charge in [0.15, 0.2) is 7.05 Å². The topological polar surface area (TPSA) is 65.8 Å². The van der Waals surface area contributed by atoms with Gasteiger partial charge in [-0.25, -0.2) is 4.98 Å². The predicted octanol–water partition coefficient (Wildman–Crippen LogP) is 1.48. The van der Waals surface area contributed by atoms with Crippen LogP contribution in [0.3, 0.4) is 0 Å². The van der Waals surface area contributed by atoms with Gasteiger partial charge in [0, 0.05) is 9.67 Å². The van der Waals surface area contributed by atoms with Crippen LogP contribution in [0.4, 0.5) is 18.9 Å². The normalized spacial score (nSPS) is 11.5. The lowest BCUT2D eigenvalue weighted by molar-refractivity contribution is -0.429. The van der Waals surface area contributed by atoms with E-state index in [9.17, 15) is 22.9 Å². The first-order valence-corrected chi connectivity index (χ1v) is 3.89. The third-order valence-corrected chi connectivity index (χ3v) is 1.70. The number of alkyl halides is 3. The molecule has 0 spiro atoms. The standard InChI is InChI=1S/C6H3ClF3N3O2/c1-13(15)2-3(7)11-5(6(8,9)10)12-4(2)14/h1H3/p+1. The number of nitrogens with zero attached hydrogens (tertiary/aromatic N) is 2. The second-order valence-electron chi connectivity index (χ2n) is 2.55. The van der Waals surface area contributed by atoms with E-state index in [4.69, 9.17) is 11.6 Å². The highest BCUT2D eigenvalue weighted by Crippen LogP contribution is 2.27. The molecule has 0 bridgehead atoms. The average Bonchev–Trinajstić information content (AvgIpc) is 1.99. The summed E-state index contributed by atoms with van der Waals surface area (Å²) in [5, 5.41) is -0.788. The van der Waals surface area contributed by atoms with Crippen LogP contribution < -0.4 is 5.56 Å². The molecule has 1 aromatic heterocycles. The molecule has 0 aliphatic carbocycles. The summed E-state index contributed by atoms with van der Waals surface area (Å²) in [4.78, 5) is 26.1. The van der Waals surface area contributed by atoms with Crippen LogP contribution in [0, 0.1) is 4.91 Å². The Bertz CT molecular complexity index is 468. The third kappa shape index (κ3) is 2.32. The van der Waals surface area contributed by atoms with E-state index < -0.39 is 28.4 Å². The van der Waals surface area contributed by atoms with E-state index in [0.29, 0.717) is 0 Å². The van der Waals surface area contributed by atoms with Gasteiger partial charge in [0.1, 0.15) is 0 Å². The molecule has 0 aliphatic heterocycles. The van der Waals surface area contributed by atoms with Gasteiger partial charge < -0.3 is 0 Å². The number of nitroso groups, excluding NO2 is 1. The molecule has 0 radical (unpaired) electrons. The molecular formula is C6H4ClF3N3O2+. The fraction of sp³-hybridized carbons (Fsp3) is 0.333. The summed E-state index contributed by atoms with van der Waals surface area (Å²) in [5.74, 6) is -1.54. The van der Waals surface area contributed by atoms with Gasteiger partial charge in [0.2, 0.25) is 11.0 Å². The van der Waals surface area contributed by atoms with Gasteiger partial charge in [0.05, 0.1) is 0 Å². The van der Waals surface area contributed by atoms with Crippen LogP contribution in [-0.2, 0) is 6.18 Å². The third-order valence-electron chi connectivity index (χ3n) is 1.44. The van der Waals surface area contributed by atoms with E-state index in [-0.39, 0.29) is 4.76 Å². The van der Waals surface area contributed by atoms with E-state index in [1.807, 2.05) is 0 Å².